The summed E-state index contributed by atoms with van der Waals surface area (Å²) >= 11 is 0. The number of phosphoric acid groups is 1. The fraction of sp³-hybridized carbons (Fsp3) is 0.478. The van der Waals surface area contributed by atoms with Gasteiger partial charge in [0.1, 0.15) is 6.10 Å². The number of allylic oxidation sites excluding steroid dienone is 2. The third kappa shape index (κ3) is 6.40. The zero-order valence-electron chi connectivity index (χ0n) is 19.1. The normalized spacial score (nSPS) is 19.8. The molecule has 0 aliphatic heterocycles. The summed E-state index contributed by atoms with van der Waals surface area (Å²) < 4.78 is 21.6. The standard InChI is InChI=1S/C23H33O6P/c1-15-12-18(22(4,5)6)10-11-20(15)26-28-30(24,25)29-27-21-16(2)13-19(14-17(21)3)23(7,8)9/h10-14,21H,2H2,1,3-9H3,(H,24,25). The molecular weight excluding hydrogens is 403 g/mol. The van der Waals surface area contributed by atoms with Gasteiger partial charge in [-0.3, -0.25) is 4.89 Å². The predicted octanol–water partition coefficient (Wildman–Crippen LogP) is 6.51. The fourth-order valence-electron chi connectivity index (χ4n) is 2.91. The maximum Gasteiger partial charge on any atom is 0.535 e. The number of hydrogen-bond acceptors (Lipinski definition) is 5. The number of benzene rings is 1. The Labute approximate surface area is 179 Å². The molecule has 6 nitrogen and oxygen atoms in total. The van der Waals surface area contributed by atoms with Gasteiger partial charge in [0.2, 0.25) is 0 Å². The van der Waals surface area contributed by atoms with Crippen LogP contribution in [0.4, 0.5) is 0 Å². The molecule has 0 radical (unpaired) electrons. The van der Waals surface area contributed by atoms with Crippen LogP contribution in [-0.4, -0.2) is 11.0 Å². The summed E-state index contributed by atoms with van der Waals surface area (Å²) in [6, 6.07) is 5.51. The largest absolute Gasteiger partial charge is 0.535 e. The van der Waals surface area contributed by atoms with E-state index in [0.717, 1.165) is 22.3 Å². The highest BCUT2D eigenvalue weighted by molar-refractivity contribution is 7.47. The summed E-state index contributed by atoms with van der Waals surface area (Å²) in [7, 11) is -4.62. The van der Waals surface area contributed by atoms with Gasteiger partial charge in [0, 0.05) is 0 Å². The molecule has 1 aliphatic rings. The Morgan fingerprint density at radius 2 is 1.63 bits per heavy atom. The van der Waals surface area contributed by atoms with E-state index in [9.17, 15) is 9.46 Å². The zero-order valence-corrected chi connectivity index (χ0v) is 20.0. The minimum absolute atomic E-state index is 0.0254. The van der Waals surface area contributed by atoms with E-state index in [1.807, 2.05) is 38.1 Å². The number of hydrogen-bond donors (Lipinski definition) is 1. The van der Waals surface area contributed by atoms with Crippen molar-refractivity contribution in [2.24, 2.45) is 5.41 Å². The maximum atomic E-state index is 12.2. The molecule has 0 bridgehead atoms. The van der Waals surface area contributed by atoms with Gasteiger partial charge in [0.05, 0.1) is 0 Å². The van der Waals surface area contributed by atoms with E-state index in [-0.39, 0.29) is 10.8 Å². The lowest BCUT2D eigenvalue weighted by atomic mass is 9.80. The van der Waals surface area contributed by atoms with Gasteiger partial charge in [-0.15, -0.1) is 4.67 Å². The quantitative estimate of drug-likeness (QED) is 0.311. The monoisotopic (exact) mass is 436 g/mol. The molecule has 0 saturated heterocycles. The van der Waals surface area contributed by atoms with E-state index in [4.69, 9.17) is 14.4 Å². The summed E-state index contributed by atoms with van der Waals surface area (Å²) in [6.07, 6.45) is 3.16. The average molecular weight is 436 g/mol. The first kappa shape index (κ1) is 24.6. The molecular formula is C23H33O6P. The molecule has 0 spiro atoms. The molecule has 2 atom stereocenters. The van der Waals surface area contributed by atoms with Crippen molar-refractivity contribution < 1.29 is 28.6 Å². The topological polar surface area (TPSA) is 74.2 Å². The van der Waals surface area contributed by atoms with E-state index in [0.29, 0.717) is 11.3 Å². The van der Waals surface area contributed by atoms with Crippen LogP contribution in [0.3, 0.4) is 0 Å². The second-order valence-corrected chi connectivity index (χ2v) is 11.0. The van der Waals surface area contributed by atoms with E-state index in [1.54, 1.807) is 6.07 Å². The lowest BCUT2D eigenvalue weighted by Gasteiger charge is -2.28. The van der Waals surface area contributed by atoms with Crippen LogP contribution in [0.1, 0.15) is 59.6 Å². The molecule has 2 unspecified atom stereocenters. The van der Waals surface area contributed by atoms with E-state index in [1.165, 1.54) is 0 Å². The Morgan fingerprint density at radius 1 is 1.00 bits per heavy atom. The molecule has 0 fully saturated rings. The molecule has 0 heterocycles. The first-order chi connectivity index (χ1) is 13.6. The van der Waals surface area contributed by atoms with Crippen LogP contribution in [0.25, 0.3) is 0 Å². The number of aryl methyl sites for hydroxylation is 1. The summed E-state index contributed by atoms with van der Waals surface area (Å²) in [5.41, 5.74) is 4.31. The second-order valence-electron chi connectivity index (χ2n) is 9.72. The first-order valence-electron chi connectivity index (χ1n) is 9.84. The van der Waals surface area contributed by atoms with E-state index >= 15 is 0 Å². The van der Waals surface area contributed by atoms with Gasteiger partial charge in [-0.05, 0) is 58.6 Å². The van der Waals surface area contributed by atoms with Crippen LogP contribution in [0.2, 0.25) is 0 Å². The maximum absolute atomic E-state index is 12.2. The zero-order chi connectivity index (χ0) is 22.9. The van der Waals surface area contributed by atoms with Gasteiger partial charge in [0.25, 0.3) is 0 Å². The Kier molecular flexibility index (Phi) is 7.22. The van der Waals surface area contributed by atoms with Crippen LogP contribution >= 0.6 is 7.82 Å². The molecule has 0 aromatic heterocycles. The van der Waals surface area contributed by atoms with Crippen molar-refractivity contribution in [2.75, 3.05) is 0 Å². The third-order valence-electron chi connectivity index (χ3n) is 4.84. The van der Waals surface area contributed by atoms with Crippen molar-refractivity contribution >= 4 is 7.82 Å². The summed E-state index contributed by atoms with van der Waals surface area (Å²) in [6.45, 7) is 20.2. The molecule has 0 saturated carbocycles. The number of rotatable bonds is 6. The minimum atomic E-state index is -4.62. The van der Waals surface area contributed by atoms with Crippen molar-refractivity contribution in [1.29, 1.82) is 0 Å². The first-order valence-corrected chi connectivity index (χ1v) is 11.3. The molecule has 1 aromatic rings. The van der Waals surface area contributed by atoms with Gasteiger partial charge in [-0.2, -0.15) is 0 Å². The van der Waals surface area contributed by atoms with Crippen LogP contribution in [0.15, 0.2) is 53.6 Å². The molecule has 7 heteroatoms. The van der Waals surface area contributed by atoms with E-state index in [2.05, 4.69) is 52.8 Å². The lowest BCUT2D eigenvalue weighted by Crippen LogP contribution is -2.22. The minimum Gasteiger partial charge on any atom is -0.327 e. The van der Waals surface area contributed by atoms with Gasteiger partial charge < -0.3 is 4.89 Å². The third-order valence-corrected chi connectivity index (χ3v) is 5.37. The second kappa shape index (κ2) is 8.81. The average Bonchev–Trinajstić information content (AvgIpc) is 2.58. The van der Waals surface area contributed by atoms with Crippen LogP contribution in [0.5, 0.6) is 5.75 Å². The van der Waals surface area contributed by atoms with Crippen LogP contribution in [-0.2, 0) is 24.2 Å². The fourth-order valence-corrected chi connectivity index (χ4v) is 3.30. The van der Waals surface area contributed by atoms with Crippen molar-refractivity contribution in [2.45, 2.75) is 66.9 Å². The van der Waals surface area contributed by atoms with Crippen molar-refractivity contribution in [3.63, 3.8) is 0 Å². The highest BCUT2D eigenvalue weighted by atomic mass is 31.2. The van der Waals surface area contributed by atoms with Gasteiger partial charge >= 0.3 is 7.82 Å². The molecule has 30 heavy (non-hydrogen) atoms. The Balaban J connectivity index is 1.99. The molecule has 1 N–H and O–H groups in total. The Bertz CT molecular complexity index is 915. The smallest absolute Gasteiger partial charge is 0.327 e. The van der Waals surface area contributed by atoms with E-state index < -0.39 is 13.9 Å². The summed E-state index contributed by atoms with van der Waals surface area (Å²) in [4.78, 5) is 20.2. The van der Waals surface area contributed by atoms with Crippen molar-refractivity contribution in [3.8, 4) is 5.75 Å². The van der Waals surface area contributed by atoms with Crippen molar-refractivity contribution in [1.82, 2.24) is 0 Å². The predicted molar refractivity (Wildman–Crippen MR) is 118 cm³/mol. The lowest BCUT2D eigenvalue weighted by molar-refractivity contribution is -0.261. The summed E-state index contributed by atoms with van der Waals surface area (Å²) in [5.74, 6) is 0.316. The Hall–Kier alpha value is -1.69. The van der Waals surface area contributed by atoms with Gasteiger partial charge in [-0.1, -0.05) is 77.1 Å². The molecule has 1 aromatic carbocycles. The highest BCUT2D eigenvalue weighted by Gasteiger charge is 2.31. The van der Waals surface area contributed by atoms with Gasteiger partial charge in [-0.25, -0.2) is 9.45 Å². The Morgan fingerprint density at radius 3 is 2.13 bits per heavy atom. The summed E-state index contributed by atoms with van der Waals surface area (Å²) in [5, 5.41) is 0. The van der Waals surface area contributed by atoms with Gasteiger partial charge in [0.15, 0.2) is 5.75 Å². The van der Waals surface area contributed by atoms with Crippen LogP contribution < -0.4 is 4.89 Å². The van der Waals surface area contributed by atoms with Crippen LogP contribution in [0, 0.1) is 12.3 Å². The molecule has 1 aliphatic carbocycles. The molecule has 2 rings (SSSR count). The highest BCUT2D eigenvalue weighted by Crippen LogP contribution is 2.46. The molecule has 0 amide bonds. The van der Waals surface area contributed by atoms with Crippen molar-refractivity contribution in [3.05, 3.63) is 64.8 Å². The SMILES string of the molecule is C=C1C=C(C(C)(C)C)C=C(C)C1OOP(=O)(O)OOc1ccc(C(C)(C)C)cc1C. The molecule has 166 valence electrons.